The molecule has 70 valence electrons. The summed E-state index contributed by atoms with van der Waals surface area (Å²) in [5.41, 5.74) is 0. The van der Waals surface area contributed by atoms with E-state index in [4.69, 9.17) is 5.11 Å². The molecule has 0 saturated heterocycles. The van der Waals surface area contributed by atoms with Crippen molar-refractivity contribution in [1.82, 2.24) is 5.32 Å². The fourth-order valence-corrected chi connectivity index (χ4v) is 1.27. The maximum atomic E-state index is 10.4. The topological polar surface area (TPSA) is 66.4 Å². The Hall–Kier alpha value is -0.710. The predicted octanol–water partition coefficient (Wildman–Crippen LogP) is 0.330. The summed E-state index contributed by atoms with van der Waals surface area (Å²) in [5.74, 6) is 0.0740. The fourth-order valence-electron chi connectivity index (χ4n) is 0.598. The van der Waals surface area contributed by atoms with Crippen LogP contribution in [0, 0.1) is 0 Å². The van der Waals surface area contributed by atoms with Crippen molar-refractivity contribution >= 4 is 23.6 Å². The second kappa shape index (κ2) is 6.97. The molecule has 0 unspecified atom stereocenters. The van der Waals surface area contributed by atoms with E-state index < -0.39 is 5.97 Å². The minimum Gasteiger partial charge on any atom is -0.481 e. The molecule has 0 aliphatic rings. The van der Waals surface area contributed by atoms with Gasteiger partial charge in [0.15, 0.2) is 0 Å². The van der Waals surface area contributed by atoms with Crippen molar-refractivity contribution in [1.29, 1.82) is 0 Å². The highest BCUT2D eigenvalue weighted by Crippen LogP contribution is 2.00. The minimum atomic E-state index is -0.792. The summed E-state index contributed by atoms with van der Waals surface area (Å²) in [7, 11) is 0. The molecule has 0 aliphatic carbocycles. The van der Waals surface area contributed by atoms with E-state index in [0.717, 1.165) is 12.2 Å². The lowest BCUT2D eigenvalue weighted by molar-refractivity contribution is -0.133. The van der Waals surface area contributed by atoms with E-state index in [0.29, 0.717) is 6.54 Å². The van der Waals surface area contributed by atoms with Gasteiger partial charge in [0.05, 0.1) is 5.75 Å². The maximum absolute atomic E-state index is 10.4. The lowest BCUT2D eigenvalue weighted by Crippen LogP contribution is -2.21. The molecule has 4 nitrogen and oxygen atoms in total. The zero-order valence-corrected chi connectivity index (χ0v) is 7.82. The normalized spacial score (nSPS) is 9.42. The molecule has 0 aromatic carbocycles. The highest BCUT2D eigenvalue weighted by Gasteiger charge is 1.96. The van der Waals surface area contributed by atoms with Gasteiger partial charge in [-0.15, -0.1) is 0 Å². The Morgan fingerprint density at radius 3 is 2.67 bits per heavy atom. The quantitative estimate of drug-likeness (QED) is 0.594. The molecule has 0 bridgehead atoms. The lowest BCUT2D eigenvalue weighted by atomic mass is 10.5. The van der Waals surface area contributed by atoms with Gasteiger partial charge >= 0.3 is 5.97 Å². The van der Waals surface area contributed by atoms with E-state index in [2.05, 4.69) is 5.32 Å². The van der Waals surface area contributed by atoms with Crippen molar-refractivity contribution in [2.75, 3.05) is 18.1 Å². The molecular formula is C7H13NO3S. The summed E-state index contributed by atoms with van der Waals surface area (Å²) in [6.45, 7) is 2.09. The van der Waals surface area contributed by atoms with E-state index in [1.54, 1.807) is 0 Å². The molecule has 0 radical (unpaired) electrons. The number of thioether (sulfide) groups is 1. The van der Waals surface area contributed by atoms with Crippen molar-refractivity contribution in [2.24, 2.45) is 0 Å². The van der Waals surface area contributed by atoms with Crippen LogP contribution in [0.3, 0.4) is 0 Å². The SMILES string of the molecule is CC(=O)NCCCSCC(=O)O. The first-order valence-corrected chi connectivity index (χ1v) is 4.82. The molecular weight excluding hydrogens is 178 g/mol. The average molecular weight is 191 g/mol. The van der Waals surface area contributed by atoms with E-state index >= 15 is 0 Å². The monoisotopic (exact) mass is 191 g/mol. The lowest BCUT2D eigenvalue weighted by Gasteiger charge is -2.00. The van der Waals surface area contributed by atoms with Gasteiger partial charge in [0, 0.05) is 13.5 Å². The highest BCUT2D eigenvalue weighted by molar-refractivity contribution is 7.99. The number of nitrogens with one attached hydrogen (secondary N) is 1. The molecule has 2 N–H and O–H groups in total. The molecule has 0 atom stereocenters. The Morgan fingerprint density at radius 2 is 2.17 bits per heavy atom. The molecule has 0 aromatic rings. The van der Waals surface area contributed by atoms with Gasteiger partial charge in [-0.05, 0) is 12.2 Å². The summed E-state index contributed by atoms with van der Waals surface area (Å²) in [4.78, 5) is 20.4. The Morgan fingerprint density at radius 1 is 1.50 bits per heavy atom. The Kier molecular flexibility index (Phi) is 6.55. The zero-order valence-electron chi connectivity index (χ0n) is 7.00. The maximum Gasteiger partial charge on any atom is 0.313 e. The number of amides is 1. The van der Waals surface area contributed by atoms with Crippen molar-refractivity contribution in [3.8, 4) is 0 Å². The van der Waals surface area contributed by atoms with Crippen LogP contribution in [0.2, 0.25) is 0 Å². The van der Waals surface area contributed by atoms with Gasteiger partial charge in [-0.2, -0.15) is 11.8 Å². The van der Waals surface area contributed by atoms with Crippen molar-refractivity contribution < 1.29 is 14.7 Å². The van der Waals surface area contributed by atoms with Gasteiger partial charge in [-0.3, -0.25) is 9.59 Å². The molecule has 0 saturated carbocycles. The third kappa shape index (κ3) is 9.29. The first kappa shape index (κ1) is 11.3. The van der Waals surface area contributed by atoms with Gasteiger partial charge in [0.2, 0.25) is 5.91 Å². The van der Waals surface area contributed by atoms with Crippen LogP contribution in [0.4, 0.5) is 0 Å². The summed E-state index contributed by atoms with van der Waals surface area (Å²) >= 11 is 1.36. The van der Waals surface area contributed by atoms with Crippen LogP contribution < -0.4 is 5.32 Å². The number of carboxylic acids is 1. The fraction of sp³-hybridized carbons (Fsp3) is 0.714. The van der Waals surface area contributed by atoms with Gasteiger partial charge in [0.25, 0.3) is 0 Å². The van der Waals surface area contributed by atoms with Crippen molar-refractivity contribution in [2.45, 2.75) is 13.3 Å². The van der Waals surface area contributed by atoms with E-state index in [9.17, 15) is 9.59 Å². The third-order valence-corrected chi connectivity index (χ3v) is 2.09. The number of hydrogen-bond donors (Lipinski definition) is 2. The van der Waals surface area contributed by atoms with Crippen LogP contribution in [0.15, 0.2) is 0 Å². The first-order chi connectivity index (χ1) is 5.63. The van der Waals surface area contributed by atoms with Crippen molar-refractivity contribution in [3.05, 3.63) is 0 Å². The van der Waals surface area contributed by atoms with Crippen molar-refractivity contribution in [3.63, 3.8) is 0 Å². The zero-order chi connectivity index (χ0) is 9.40. The van der Waals surface area contributed by atoms with Gasteiger partial charge in [-0.25, -0.2) is 0 Å². The van der Waals surface area contributed by atoms with Gasteiger partial charge < -0.3 is 10.4 Å². The van der Waals surface area contributed by atoms with Crippen LogP contribution in [0.5, 0.6) is 0 Å². The molecule has 5 heteroatoms. The van der Waals surface area contributed by atoms with E-state index in [1.807, 2.05) is 0 Å². The number of hydrogen-bond acceptors (Lipinski definition) is 3. The number of carboxylic acid groups (broad SMARTS) is 1. The predicted molar refractivity (Wildman–Crippen MR) is 48.3 cm³/mol. The molecule has 0 rings (SSSR count). The number of rotatable bonds is 6. The molecule has 1 amide bonds. The van der Waals surface area contributed by atoms with Crippen LogP contribution in [0.25, 0.3) is 0 Å². The Bertz CT molecular complexity index is 143. The Balaban J connectivity index is 3.01. The average Bonchev–Trinajstić information content (AvgIpc) is 1.95. The largest absolute Gasteiger partial charge is 0.481 e. The number of aliphatic carboxylic acids is 1. The van der Waals surface area contributed by atoms with Gasteiger partial charge in [-0.1, -0.05) is 0 Å². The number of carbonyl (C=O) groups excluding carboxylic acids is 1. The molecule has 0 spiro atoms. The standard InChI is InChI=1S/C7H13NO3S/c1-6(9)8-3-2-4-12-5-7(10)11/h2-5H2,1H3,(H,8,9)(H,10,11). The van der Waals surface area contributed by atoms with Crippen LogP contribution in [-0.4, -0.2) is 35.0 Å². The molecule has 0 fully saturated rings. The van der Waals surface area contributed by atoms with Gasteiger partial charge in [0.1, 0.15) is 0 Å². The van der Waals surface area contributed by atoms with Crippen LogP contribution in [-0.2, 0) is 9.59 Å². The smallest absolute Gasteiger partial charge is 0.313 e. The van der Waals surface area contributed by atoms with E-state index in [-0.39, 0.29) is 11.7 Å². The number of carbonyl (C=O) groups is 2. The summed E-state index contributed by atoms with van der Waals surface area (Å²) in [6, 6.07) is 0. The second-order valence-corrected chi connectivity index (χ2v) is 3.39. The molecule has 0 aromatic heterocycles. The summed E-state index contributed by atoms with van der Waals surface area (Å²) in [5, 5.41) is 10.9. The molecule has 0 aliphatic heterocycles. The highest BCUT2D eigenvalue weighted by atomic mass is 32.2. The first-order valence-electron chi connectivity index (χ1n) is 3.67. The molecule has 0 heterocycles. The second-order valence-electron chi connectivity index (χ2n) is 2.28. The van der Waals surface area contributed by atoms with E-state index in [1.165, 1.54) is 18.7 Å². The summed E-state index contributed by atoms with van der Waals surface area (Å²) in [6.07, 6.45) is 0.817. The third-order valence-electron chi connectivity index (χ3n) is 1.06. The van der Waals surface area contributed by atoms with Crippen LogP contribution >= 0.6 is 11.8 Å². The summed E-state index contributed by atoms with van der Waals surface area (Å²) < 4.78 is 0. The minimum absolute atomic E-state index is 0.0433. The Labute approximate surface area is 75.7 Å². The molecule has 12 heavy (non-hydrogen) atoms. The van der Waals surface area contributed by atoms with Crippen LogP contribution in [0.1, 0.15) is 13.3 Å².